The quantitative estimate of drug-likeness (QED) is 0.914. The average Bonchev–Trinajstić information content (AvgIpc) is 3.08. The van der Waals surface area contributed by atoms with Gasteiger partial charge in [0.05, 0.1) is 5.41 Å². The van der Waals surface area contributed by atoms with Crippen molar-refractivity contribution in [1.29, 1.82) is 0 Å². The molecule has 5 heteroatoms. The fraction of sp³-hybridized carbons (Fsp3) is 0.588. The van der Waals surface area contributed by atoms with Gasteiger partial charge in [0.25, 0.3) is 0 Å². The molecule has 0 unspecified atom stereocenters. The molecule has 0 aromatic heterocycles. The van der Waals surface area contributed by atoms with Crippen LogP contribution in [-0.4, -0.2) is 29.9 Å². The molecule has 2 fully saturated rings. The van der Waals surface area contributed by atoms with E-state index in [1.807, 2.05) is 23.1 Å². The number of halogens is 2. The molecule has 22 heavy (non-hydrogen) atoms. The van der Waals surface area contributed by atoms with Crippen LogP contribution in [0.25, 0.3) is 0 Å². The van der Waals surface area contributed by atoms with Gasteiger partial charge >= 0.3 is 0 Å². The van der Waals surface area contributed by atoms with E-state index in [4.69, 9.17) is 17.3 Å². The van der Waals surface area contributed by atoms with Crippen molar-refractivity contribution in [3.8, 4) is 0 Å². The van der Waals surface area contributed by atoms with Crippen LogP contribution in [0.1, 0.15) is 37.7 Å². The van der Waals surface area contributed by atoms with Crippen molar-refractivity contribution in [2.24, 2.45) is 11.1 Å². The molecule has 1 atom stereocenters. The normalized spacial score (nSPS) is 23.4. The molecule has 1 saturated heterocycles. The maximum Gasteiger partial charge on any atom is 0.229 e. The van der Waals surface area contributed by atoms with Crippen LogP contribution in [0, 0.1) is 5.41 Å². The molecule has 0 radical (unpaired) electrons. The third-order valence-corrected chi connectivity index (χ3v) is 5.19. The fourth-order valence-corrected chi connectivity index (χ4v) is 4.08. The first-order valence-electron chi connectivity index (χ1n) is 7.88. The minimum Gasteiger partial charge on any atom is -0.341 e. The van der Waals surface area contributed by atoms with Crippen molar-refractivity contribution in [2.75, 3.05) is 13.1 Å². The average molecular weight is 343 g/mol. The zero-order valence-electron chi connectivity index (χ0n) is 12.8. The zero-order valence-corrected chi connectivity index (χ0v) is 14.3. The molecular weight excluding hydrogens is 319 g/mol. The van der Waals surface area contributed by atoms with E-state index in [-0.39, 0.29) is 23.9 Å². The van der Waals surface area contributed by atoms with Crippen LogP contribution < -0.4 is 5.73 Å². The number of amides is 1. The van der Waals surface area contributed by atoms with E-state index in [9.17, 15) is 4.79 Å². The van der Waals surface area contributed by atoms with Gasteiger partial charge in [0.2, 0.25) is 5.91 Å². The Hall–Kier alpha value is -0.770. The van der Waals surface area contributed by atoms with E-state index < -0.39 is 0 Å². The molecule has 122 valence electrons. The molecule has 0 spiro atoms. The van der Waals surface area contributed by atoms with E-state index in [2.05, 4.69) is 6.07 Å². The Bertz CT molecular complexity index is 529. The zero-order chi connectivity index (χ0) is 14.9. The number of carbonyl (C=O) groups excluding carboxylic acids is 1. The first kappa shape index (κ1) is 17.6. The summed E-state index contributed by atoms with van der Waals surface area (Å²) in [6.07, 6.45) is 6.00. The van der Waals surface area contributed by atoms with Crippen LogP contribution in [0.5, 0.6) is 0 Å². The van der Waals surface area contributed by atoms with Crippen LogP contribution in [-0.2, 0) is 11.2 Å². The summed E-state index contributed by atoms with van der Waals surface area (Å²) in [7, 11) is 0. The molecule has 3 rings (SSSR count). The second kappa shape index (κ2) is 7.20. The molecule has 2 aliphatic rings. The van der Waals surface area contributed by atoms with Crippen LogP contribution in [0.15, 0.2) is 24.3 Å². The van der Waals surface area contributed by atoms with Gasteiger partial charge in [-0.05, 0) is 43.4 Å². The van der Waals surface area contributed by atoms with Crippen molar-refractivity contribution in [2.45, 2.75) is 44.6 Å². The van der Waals surface area contributed by atoms with Gasteiger partial charge in [-0.3, -0.25) is 4.79 Å². The number of hydrogen-bond donors (Lipinski definition) is 1. The Morgan fingerprint density at radius 2 is 2.09 bits per heavy atom. The lowest BCUT2D eigenvalue weighted by atomic mass is 9.78. The summed E-state index contributed by atoms with van der Waals surface area (Å²) in [5, 5.41) is 0.747. The second-order valence-corrected chi connectivity index (χ2v) is 7.03. The van der Waals surface area contributed by atoms with Crippen molar-refractivity contribution in [1.82, 2.24) is 4.90 Å². The molecular formula is C17H24Cl2N2O. The predicted molar refractivity (Wildman–Crippen MR) is 92.5 cm³/mol. The highest BCUT2D eigenvalue weighted by molar-refractivity contribution is 6.30. The summed E-state index contributed by atoms with van der Waals surface area (Å²) < 4.78 is 0. The Balaban J connectivity index is 0.00000176. The lowest BCUT2D eigenvalue weighted by Crippen LogP contribution is -2.43. The highest BCUT2D eigenvalue weighted by Gasteiger charge is 2.44. The van der Waals surface area contributed by atoms with Gasteiger partial charge in [0.1, 0.15) is 0 Å². The predicted octanol–water partition coefficient (Wildman–Crippen LogP) is 3.42. The summed E-state index contributed by atoms with van der Waals surface area (Å²) >= 11 is 6.09. The summed E-state index contributed by atoms with van der Waals surface area (Å²) in [5.74, 6) is 0.313. The third kappa shape index (κ3) is 3.58. The SMILES string of the molecule is Cl.N[C@@H]1CCN(C(=O)C2(Cc3cccc(Cl)c3)CCCC2)C1. The van der Waals surface area contributed by atoms with Gasteiger partial charge in [0.15, 0.2) is 0 Å². The number of nitrogens with zero attached hydrogens (tertiary/aromatic N) is 1. The Morgan fingerprint density at radius 1 is 1.36 bits per heavy atom. The van der Waals surface area contributed by atoms with Gasteiger partial charge in [-0.15, -0.1) is 12.4 Å². The number of benzene rings is 1. The summed E-state index contributed by atoms with van der Waals surface area (Å²) in [6.45, 7) is 1.54. The van der Waals surface area contributed by atoms with E-state index in [0.29, 0.717) is 5.91 Å². The van der Waals surface area contributed by atoms with Crippen LogP contribution in [0.4, 0.5) is 0 Å². The van der Waals surface area contributed by atoms with E-state index in [0.717, 1.165) is 56.6 Å². The Morgan fingerprint density at radius 3 is 2.68 bits per heavy atom. The second-order valence-electron chi connectivity index (χ2n) is 6.59. The first-order valence-corrected chi connectivity index (χ1v) is 8.26. The van der Waals surface area contributed by atoms with Crippen LogP contribution >= 0.6 is 24.0 Å². The molecule has 1 heterocycles. The molecule has 3 nitrogen and oxygen atoms in total. The fourth-order valence-electron chi connectivity index (χ4n) is 3.86. The van der Waals surface area contributed by atoms with Crippen LogP contribution in [0.3, 0.4) is 0 Å². The van der Waals surface area contributed by atoms with E-state index in [1.54, 1.807) is 0 Å². The molecule has 1 saturated carbocycles. The molecule has 1 aromatic carbocycles. The van der Waals surface area contributed by atoms with Crippen molar-refractivity contribution in [3.63, 3.8) is 0 Å². The monoisotopic (exact) mass is 342 g/mol. The van der Waals surface area contributed by atoms with E-state index >= 15 is 0 Å². The third-order valence-electron chi connectivity index (χ3n) is 4.96. The van der Waals surface area contributed by atoms with Gasteiger partial charge < -0.3 is 10.6 Å². The lowest BCUT2D eigenvalue weighted by molar-refractivity contribution is -0.140. The van der Waals surface area contributed by atoms with Crippen molar-refractivity contribution in [3.05, 3.63) is 34.9 Å². The number of likely N-dealkylation sites (tertiary alicyclic amines) is 1. The van der Waals surface area contributed by atoms with E-state index in [1.165, 1.54) is 5.56 Å². The molecule has 0 bridgehead atoms. The summed E-state index contributed by atoms with van der Waals surface area (Å²) in [6, 6.07) is 8.07. The smallest absolute Gasteiger partial charge is 0.229 e. The number of carbonyl (C=O) groups is 1. The van der Waals surface area contributed by atoms with Crippen molar-refractivity contribution < 1.29 is 4.79 Å². The summed E-state index contributed by atoms with van der Waals surface area (Å²) in [5.41, 5.74) is 6.91. The van der Waals surface area contributed by atoms with Gasteiger partial charge in [-0.2, -0.15) is 0 Å². The standard InChI is InChI=1S/C17H23ClN2O.ClH/c18-14-5-3-4-13(10-14)11-17(7-1-2-8-17)16(21)20-9-6-15(19)12-20;/h3-5,10,15H,1-2,6-9,11-12,19H2;1H/t15-;/m1./s1. The number of hydrogen-bond acceptors (Lipinski definition) is 2. The molecule has 1 aliphatic heterocycles. The topological polar surface area (TPSA) is 46.3 Å². The Kier molecular flexibility index (Phi) is 5.76. The van der Waals surface area contributed by atoms with Crippen LogP contribution in [0.2, 0.25) is 5.02 Å². The lowest BCUT2D eigenvalue weighted by Gasteiger charge is -2.32. The molecule has 2 N–H and O–H groups in total. The minimum absolute atomic E-state index is 0. The molecule has 1 aromatic rings. The highest BCUT2D eigenvalue weighted by Crippen LogP contribution is 2.43. The van der Waals surface area contributed by atoms with Gasteiger partial charge in [-0.1, -0.05) is 36.6 Å². The number of rotatable bonds is 3. The molecule has 1 amide bonds. The minimum atomic E-state index is -0.227. The maximum absolute atomic E-state index is 13.0. The maximum atomic E-state index is 13.0. The Labute approximate surface area is 143 Å². The first-order chi connectivity index (χ1) is 10.1. The largest absolute Gasteiger partial charge is 0.341 e. The molecule has 1 aliphatic carbocycles. The van der Waals surface area contributed by atoms with Gasteiger partial charge in [0, 0.05) is 24.2 Å². The number of nitrogens with two attached hydrogens (primary N) is 1. The summed E-state index contributed by atoms with van der Waals surface area (Å²) in [4.78, 5) is 15.0. The van der Waals surface area contributed by atoms with Crippen molar-refractivity contribution >= 4 is 29.9 Å². The highest BCUT2D eigenvalue weighted by atomic mass is 35.5. The van der Waals surface area contributed by atoms with Gasteiger partial charge in [-0.25, -0.2) is 0 Å².